The minimum Gasteiger partial charge on any atom is -0.480 e. The summed E-state index contributed by atoms with van der Waals surface area (Å²) in [6.45, 7) is 11.0. The van der Waals surface area contributed by atoms with Gasteiger partial charge >= 0.3 is 12.0 Å². The van der Waals surface area contributed by atoms with Crippen molar-refractivity contribution in [3.63, 3.8) is 0 Å². The summed E-state index contributed by atoms with van der Waals surface area (Å²) in [6.07, 6.45) is 2.67. The highest BCUT2D eigenvalue weighted by atomic mass is 16.4. The molecule has 1 rings (SSSR count). The van der Waals surface area contributed by atoms with E-state index in [-0.39, 0.29) is 12.5 Å². The molecule has 0 radical (unpaired) electrons. The predicted octanol–water partition coefficient (Wildman–Crippen LogP) is 1.14. The van der Waals surface area contributed by atoms with Gasteiger partial charge in [0, 0.05) is 19.1 Å². The Balaban J connectivity index is 2.53. The lowest BCUT2D eigenvalue weighted by atomic mass is 10.2. The second-order valence-electron chi connectivity index (χ2n) is 4.97. The van der Waals surface area contributed by atoms with Crippen molar-refractivity contribution < 1.29 is 14.7 Å². The van der Waals surface area contributed by atoms with E-state index in [1.165, 1.54) is 6.08 Å². The van der Waals surface area contributed by atoms with E-state index in [4.69, 9.17) is 5.11 Å². The van der Waals surface area contributed by atoms with Gasteiger partial charge in [0.1, 0.15) is 6.04 Å². The maximum Gasteiger partial charge on any atom is 0.326 e. The number of likely N-dealkylation sites (tertiary alicyclic amines) is 1. The van der Waals surface area contributed by atoms with Crippen molar-refractivity contribution in [1.29, 1.82) is 0 Å². The first-order valence-electron chi connectivity index (χ1n) is 7.16. The van der Waals surface area contributed by atoms with Gasteiger partial charge in [-0.2, -0.15) is 0 Å². The highest BCUT2D eigenvalue weighted by molar-refractivity contribution is 5.82. The van der Waals surface area contributed by atoms with E-state index in [1.807, 2.05) is 0 Å². The Morgan fingerprint density at radius 3 is 2.65 bits per heavy atom. The van der Waals surface area contributed by atoms with Gasteiger partial charge in [-0.3, -0.25) is 4.90 Å². The molecule has 1 saturated heterocycles. The molecule has 0 spiro atoms. The number of carbonyl (C=O) groups excluding carboxylic acids is 1. The summed E-state index contributed by atoms with van der Waals surface area (Å²) in [5.41, 5.74) is 0. The number of likely N-dealkylation sites (N-methyl/N-ethyl adjacent to an activating group) is 1. The van der Waals surface area contributed by atoms with Crippen LogP contribution >= 0.6 is 0 Å². The monoisotopic (exact) mass is 283 g/mol. The number of nitrogens with zero attached hydrogens (tertiary/aromatic N) is 2. The fourth-order valence-corrected chi connectivity index (χ4v) is 2.59. The van der Waals surface area contributed by atoms with Gasteiger partial charge in [-0.15, -0.1) is 6.58 Å². The molecule has 2 unspecified atom stereocenters. The molecule has 114 valence electrons. The Kier molecular flexibility index (Phi) is 6.51. The van der Waals surface area contributed by atoms with Crippen LogP contribution in [0.3, 0.4) is 0 Å². The topological polar surface area (TPSA) is 72.9 Å². The molecule has 20 heavy (non-hydrogen) atoms. The van der Waals surface area contributed by atoms with E-state index in [1.54, 1.807) is 4.90 Å². The molecule has 2 N–H and O–H groups in total. The number of carboxylic acid groups (broad SMARTS) is 1. The SMILES string of the molecule is C=CCC(NC(=O)N1CCC(N(CC)CC)C1)C(=O)O. The van der Waals surface area contributed by atoms with Crippen LogP contribution in [0.1, 0.15) is 26.7 Å². The number of rotatable bonds is 7. The molecule has 0 aromatic heterocycles. The van der Waals surface area contributed by atoms with E-state index in [2.05, 4.69) is 30.6 Å². The van der Waals surface area contributed by atoms with E-state index in [0.717, 1.165) is 19.5 Å². The number of carbonyl (C=O) groups is 2. The van der Waals surface area contributed by atoms with Crippen LogP contribution in [-0.4, -0.2) is 65.2 Å². The Bertz CT molecular complexity index is 356. The fraction of sp³-hybridized carbons (Fsp3) is 0.714. The van der Waals surface area contributed by atoms with Crippen LogP contribution in [0, 0.1) is 0 Å². The van der Waals surface area contributed by atoms with E-state index in [0.29, 0.717) is 19.1 Å². The van der Waals surface area contributed by atoms with Gasteiger partial charge < -0.3 is 15.3 Å². The van der Waals surface area contributed by atoms with Crippen LogP contribution in [0.4, 0.5) is 4.79 Å². The van der Waals surface area contributed by atoms with Crippen molar-refractivity contribution in [3.8, 4) is 0 Å². The van der Waals surface area contributed by atoms with Crippen LogP contribution < -0.4 is 5.32 Å². The second-order valence-corrected chi connectivity index (χ2v) is 4.97. The highest BCUT2D eigenvalue weighted by Crippen LogP contribution is 2.15. The maximum atomic E-state index is 12.1. The summed E-state index contributed by atoms with van der Waals surface area (Å²) in [4.78, 5) is 27.1. The molecule has 2 amide bonds. The minimum absolute atomic E-state index is 0.231. The molecular weight excluding hydrogens is 258 g/mol. The summed E-state index contributed by atoms with van der Waals surface area (Å²) in [7, 11) is 0. The molecule has 1 aliphatic rings. The number of aliphatic carboxylic acids is 1. The van der Waals surface area contributed by atoms with Crippen LogP contribution in [0.2, 0.25) is 0 Å². The standard InChI is InChI=1S/C14H25N3O3/c1-4-7-12(13(18)19)15-14(20)17-9-8-11(10-17)16(5-2)6-3/h4,11-12H,1,5-10H2,2-3H3,(H,15,20)(H,18,19). The molecule has 0 aliphatic carbocycles. The summed E-state index contributed by atoms with van der Waals surface area (Å²) >= 11 is 0. The van der Waals surface area contributed by atoms with Gasteiger partial charge in [0.25, 0.3) is 0 Å². The average Bonchev–Trinajstić information content (AvgIpc) is 2.89. The minimum atomic E-state index is -1.03. The van der Waals surface area contributed by atoms with Gasteiger partial charge in [-0.05, 0) is 25.9 Å². The summed E-state index contributed by atoms with van der Waals surface area (Å²) in [6, 6.07) is -0.820. The lowest BCUT2D eigenvalue weighted by Crippen LogP contribution is -2.48. The zero-order chi connectivity index (χ0) is 15.1. The molecular formula is C14H25N3O3. The molecule has 2 atom stereocenters. The zero-order valence-electron chi connectivity index (χ0n) is 12.3. The number of urea groups is 1. The zero-order valence-corrected chi connectivity index (χ0v) is 12.3. The molecule has 0 bridgehead atoms. The second kappa shape index (κ2) is 7.89. The number of hydrogen-bond acceptors (Lipinski definition) is 3. The number of hydrogen-bond donors (Lipinski definition) is 2. The Labute approximate surface area is 120 Å². The van der Waals surface area contributed by atoms with Gasteiger partial charge in [-0.1, -0.05) is 19.9 Å². The van der Waals surface area contributed by atoms with Crippen molar-refractivity contribution in [1.82, 2.24) is 15.1 Å². The Morgan fingerprint density at radius 2 is 2.15 bits per heavy atom. The summed E-state index contributed by atoms with van der Waals surface area (Å²) in [5.74, 6) is -1.03. The Hall–Kier alpha value is -1.56. The third-order valence-electron chi connectivity index (χ3n) is 3.78. The van der Waals surface area contributed by atoms with E-state index in [9.17, 15) is 9.59 Å². The smallest absolute Gasteiger partial charge is 0.326 e. The van der Waals surface area contributed by atoms with Gasteiger partial charge in [0.15, 0.2) is 0 Å². The number of carboxylic acids is 1. The van der Waals surface area contributed by atoms with Gasteiger partial charge in [-0.25, -0.2) is 9.59 Å². The highest BCUT2D eigenvalue weighted by Gasteiger charge is 2.30. The van der Waals surface area contributed by atoms with Crippen molar-refractivity contribution in [2.45, 2.75) is 38.8 Å². The lowest BCUT2D eigenvalue weighted by molar-refractivity contribution is -0.139. The number of amides is 2. The Morgan fingerprint density at radius 1 is 1.50 bits per heavy atom. The van der Waals surface area contributed by atoms with Crippen LogP contribution in [-0.2, 0) is 4.79 Å². The van der Waals surface area contributed by atoms with Crippen LogP contribution in [0.15, 0.2) is 12.7 Å². The summed E-state index contributed by atoms with van der Waals surface area (Å²) < 4.78 is 0. The molecule has 6 nitrogen and oxygen atoms in total. The third-order valence-corrected chi connectivity index (χ3v) is 3.78. The molecule has 0 saturated carbocycles. The fourth-order valence-electron chi connectivity index (χ4n) is 2.59. The van der Waals surface area contributed by atoms with Crippen LogP contribution in [0.25, 0.3) is 0 Å². The third kappa shape index (κ3) is 4.23. The van der Waals surface area contributed by atoms with Crippen molar-refractivity contribution >= 4 is 12.0 Å². The average molecular weight is 283 g/mol. The van der Waals surface area contributed by atoms with E-state index < -0.39 is 12.0 Å². The van der Waals surface area contributed by atoms with E-state index >= 15 is 0 Å². The normalized spacial score (nSPS) is 19.9. The van der Waals surface area contributed by atoms with Crippen molar-refractivity contribution in [3.05, 3.63) is 12.7 Å². The quantitative estimate of drug-likeness (QED) is 0.687. The first-order chi connectivity index (χ1) is 9.53. The molecule has 6 heteroatoms. The molecule has 0 aromatic carbocycles. The van der Waals surface area contributed by atoms with Crippen molar-refractivity contribution in [2.24, 2.45) is 0 Å². The first kappa shape index (κ1) is 16.5. The van der Waals surface area contributed by atoms with Crippen molar-refractivity contribution in [2.75, 3.05) is 26.2 Å². The first-order valence-corrected chi connectivity index (χ1v) is 7.16. The molecule has 1 aliphatic heterocycles. The summed E-state index contributed by atoms with van der Waals surface area (Å²) in [5, 5.41) is 11.6. The molecule has 1 heterocycles. The molecule has 0 aromatic rings. The maximum absolute atomic E-state index is 12.1. The largest absolute Gasteiger partial charge is 0.480 e. The van der Waals surface area contributed by atoms with Crippen LogP contribution in [0.5, 0.6) is 0 Å². The lowest BCUT2D eigenvalue weighted by Gasteiger charge is -2.26. The number of nitrogens with one attached hydrogen (secondary N) is 1. The molecule has 1 fully saturated rings. The van der Waals surface area contributed by atoms with Gasteiger partial charge in [0.2, 0.25) is 0 Å². The predicted molar refractivity (Wildman–Crippen MR) is 77.7 cm³/mol. The van der Waals surface area contributed by atoms with Gasteiger partial charge in [0.05, 0.1) is 0 Å².